The van der Waals surface area contributed by atoms with Crippen molar-refractivity contribution in [2.24, 2.45) is 17.6 Å². The zero-order chi connectivity index (χ0) is 66.3. The molecule has 494 valence electrons. The van der Waals surface area contributed by atoms with Gasteiger partial charge in [-0.1, -0.05) is 106 Å². The number of alkyl carbamates (subject to hydrolysis) is 1. The average molecular weight is 1260 g/mol. The monoisotopic (exact) mass is 1260 g/mol. The third-order valence-electron chi connectivity index (χ3n) is 17.3. The lowest BCUT2D eigenvalue weighted by Crippen LogP contribution is -2.55. The maximum absolute atomic E-state index is 13.9. The van der Waals surface area contributed by atoms with Gasteiger partial charge in [-0.2, -0.15) is 0 Å². The van der Waals surface area contributed by atoms with Crippen molar-refractivity contribution in [2.45, 2.75) is 172 Å². The number of fused-ring (bicyclic) bond motifs is 3. The van der Waals surface area contributed by atoms with Gasteiger partial charge in [0.1, 0.15) is 43.0 Å². The van der Waals surface area contributed by atoms with Gasteiger partial charge in [0.15, 0.2) is 6.10 Å². The van der Waals surface area contributed by atoms with E-state index in [9.17, 15) is 53.7 Å². The van der Waals surface area contributed by atoms with Gasteiger partial charge in [0.25, 0.3) is 0 Å². The van der Waals surface area contributed by atoms with E-state index in [1.54, 1.807) is 63.3 Å². The first-order valence-electron chi connectivity index (χ1n) is 31.0. The maximum atomic E-state index is 13.9. The molecule has 7 rings (SSSR count). The number of anilines is 1. The largest absolute Gasteiger partial charge is 0.457 e. The summed E-state index contributed by atoms with van der Waals surface area (Å²) in [5, 5.41) is 42.5. The topological polar surface area (TPSA) is 337 Å². The molecule has 3 aliphatic heterocycles. The van der Waals surface area contributed by atoms with E-state index < -0.39 is 114 Å². The number of epoxide rings is 1. The van der Waals surface area contributed by atoms with Gasteiger partial charge in [-0.15, -0.1) is 0 Å². The molecule has 0 aromatic heterocycles. The predicted molar refractivity (Wildman–Crippen MR) is 335 cm³/mol. The van der Waals surface area contributed by atoms with Crippen molar-refractivity contribution >= 4 is 53.6 Å². The Morgan fingerprint density at radius 2 is 1.45 bits per heavy atom. The number of hydrogen-bond donors (Lipinski definition) is 8. The molecule has 9 N–H and O–H groups in total. The highest BCUT2D eigenvalue weighted by atomic mass is 16.6. The van der Waals surface area contributed by atoms with Crippen LogP contribution in [0.25, 0.3) is 11.1 Å². The van der Waals surface area contributed by atoms with Crippen LogP contribution < -0.4 is 27.0 Å². The first-order chi connectivity index (χ1) is 43.2. The smallest absolute Gasteiger partial charge is 0.410 e. The van der Waals surface area contributed by atoms with Crippen molar-refractivity contribution in [1.82, 2.24) is 25.8 Å². The molecular weight excluding hydrogens is 1170 g/mol. The second kappa shape index (κ2) is 31.7. The van der Waals surface area contributed by atoms with E-state index in [1.807, 2.05) is 69.3 Å². The Morgan fingerprint density at radius 1 is 0.846 bits per heavy atom. The van der Waals surface area contributed by atoms with Gasteiger partial charge in [-0.05, 0) is 105 Å². The van der Waals surface area contributed by atoms with Gasteiger partial charge in [-0.25, -0.2) is 14.4 Å². The molecule has 24 nitrogen and oxygen atoms in total. The standard InChI is InChI=1S/C67H89N7O17/c1-10-53(76)41(4)59-54(89-59)36-66(7,85)28-15-16-39(2)58-40(3)21-26-55(67(8,86-9)29-27-46(75)34-57(78)91-58)90-65(84)74-32-30-73(31-33-74)64(83)88-37-44-22-24-45(25-23-44)71-62(81)52(35-56(68)77)72-61(80)42(5)69-60(79)43(6)70-63(82)87-38-51-49-19-13-11-17-47(49)48-18-12-14-20-50(48)51/h11-26,28,40-43,46,51-55,58-59,75-76,85H,10,27,29-38H2,1-9H3,(H2,68,77)(H,69,79)(H,70,82)(H,71,81)(H,72,80)/b26-21-,28-15+,39-16+/t40-,41+,42-,43-,46+,52-,53-,54+,55-,58+,59+,66-,67+/m0/s1. The number of primary amides is 1. The first kappa shape index (κ1) is 70.3. The molecule has 91 heavy (non-hydrogen) atoms. The summed E-state index contributed by atoms with van der Waals surface area (Å²) >= 11 is 0. The lowest BCUT2D eigenvalue weighted by Gasteiger charge is -2.38. The van der Waals surface area contributed by atoms with Gasteiger partial charge in [0.2, 0.25) is 23.6 Å². The van der Waals surface area contributed by atoms with E-state index in [-0.39, 0.29) is 88.4 Å². The Hall–Kier alpha value is -8.16. The Kier molecular flexibility index (Phi) is 24.5. The molecule has 2 fully saturated rings. The van der Waals surface area contributed by atoms with Crippen LogP contribution in [-0.2, 0) is 59.0 Å². The Balaban J connectivity index is 0.854. The number of rotatable bonds is 23. The van der Waals surface area contributed by atoms with Gasteiger partial charge in [-0.3, -0.25) is 24.0 Å². The molecule has 24 heteroatoms. The van der Waals surface area contributed by atoms with Crippen molar-refractivity contribution in [3.8, 4) is 11.1 Å². The lowest BCUT2D eigenvalue weighted by molar-refractivity contribution is -0.151. The predicted octanol–water partition coefficient (Wildman–Crippen LogP) is 6.05. The molecular formula is C67H89N7O17. The fourth-order valence-corrected chi connectivity index (χ4v) is 11.4. The van der Waals surface area contributed by atoms with Crippen LogP contribution >= 0.6 is 0 Å². The zero-order valence-electron chi connectivity index (χ0n) is 53.3. The van der Waals surface area contributed by atoms with Crippen molar-refractivity contribution in [3.63, 3.8) is 0 Å². The number of nitrogens with two attached hydrogens (primary N) is 1. The zero-order valence-corrected chi connectivity index (χ0v) is 53.3. The number of ether oxygens (including phenoxy) is 6. The number of aliphatic hydroxyl groups excluding tert-OH is 2. The molecule has 0 bridgehead atoms. The number of esters is 1. The van der Waals surface area contributed by atoms with E-state index in [0.717, 1.165) is 22.3 Å². The Labute approximate surface area is 531 Å². The molecule has 2 saturated heterocycles. The molecule has 3 aromatic carbocycles. The maximum Gasteiger partial charge on any atom is 0.410 e. The van der Waals surface area contributed by atoms with Crippen LogP contribution in [-0.4, -0.2) is 179 Å². The minimum absolute atomic E-state index is 0.0272. The molecule has 13 atom stereocenters. The van der Waals surface area contributed by atoms with Gasteiger partial charge in [0.05, 0.1) is 42.9 Å². The number of nitrogens with zero attached hydrogens (tertiary/aromatic N) is 2. The highest BCUT2D eigenvalue weighted by molar-refractivity contribution is 6.00. The number of piperazine rings is 1. The minimum Gasteiger partial charge on any atom is -0.457 e. The Morgan fingerprint density at radius 3 is 2.07 bits per heavy atom. The minimum atomic E-state index is -1.44. The molecule has 0 saturated carbocycles. The third kappa shape index (κ3) is 19.4. The average Bonchev–Trinajstić information content (AvgIpc) is 1.64. The highest BCUT2D eigenvalue weighted by Gasteiger charge is 2.47. The van der Waals surface area contributed by atoms with Gasteiger partial charge < -0.3 is 80.5 Å². The molecule has 4 aliphatic rings. The summed E-state index contributed by atoms with van der Waals surface area (Å²) in [7, 11) is 1.48. The SMILES string of the molecule is CC[C@H](O)[C@@H](C)[C@H]1O[C@@H]1C[C@@](C)(O)/C=C/C=C(\C)[C@H]1OC(=O)C[C@H](O)CC[C@@](C)(OC)[C@@H](OC(=O)N2CCN(C(=O)OCc3ccc(NC(=O)[C@H](CC(N)=O)NC(=O)[C@H](C)NC(=O)[C@H](C)NC(=O)OCC4c5ccccc5-c5ccccc54)cc3)CC2)/C=C\[C@@H]1C. The van der Waals surface area contributed by atoms with E-state index in [4.69, 9.17) is 34.2 Å². The van der Waals surface area contributed by atoms with Crippen LogP contribution in [0.1, 0.15) is 117 Å². The third-order valence-corrected chi connectivity index (χ3v) is 17.3. The van der Waals surface area contributed by atoms with Crippen LogP contribution in [0.4, 0.5) is 20.1 Å². The fraction of sp³-hybridized carbons (Fsp3) is 0.522. The molecule has 0 radical (unpaired) electrons. The van der Waals surface area contributed by atoms with Crippen LogP contribution in [0.15, 0.2) is 109 Å². The van der Waals surface area contributed by atoms with Crippen LogP contribution in [0.3, 0.4) is 0 Å². The summed E-state index contributed by atoms with van der Waals surface area (Å²) in [5.74, 6) is -4.52. The van der Waals surface area contributed by atoms with E-state index in [1.165, 1.54) is 42.9 Å². The molecule has 1 aliphatic carbocycles. The number of aliphatic hydroxyl groups is 3. The number of carbonyl (C=O) groups is 8. The highest BCUT2D eigenvalue weighted by Crippen LogP contribution is 2.45. The van der Waals surface area contributed by atoms with Gasteiger partial charge in [0, 0.05) is 63.2 Å². The number of hydrogen-bond acceptors (Lipinski definition) is 17. The fourth-order valence-electron chi connectivity index (χ4n) is 11.4. The van der Waals surface area contributed by atoms with Crippen molar-refractivity contribution < 1.29 is 82.1 Å². The number of amides is 7. The number of nitrogens with one attached hydrogen (secondary N) is 4. The quantitative estimate of drug-likeness (QED) is 0.0176. The number of cyclic esters (lactones) is 1. The Bertz CT molecular complexity index is 3120. The van der Waals surface area contributed by atoms with E-state index >= 15 is 0 Å². The summed E-state index contributed by atoms with van der Waals surface area (Å²) in [5.41, 5.74) is 8.71. The van der Waals surface area contributed by atoms with Crippen molar-refractivity contribution in [2.75, 3.05) is 45.2 Å². The molecule has 0 unspecified atom stereocenters. The lowest BCUT2D eigenvalue weighted by atomic mass is 9.88. The number of carbonyl (C=O) groups excluding carboxylic acids is 8. The summed E-state index contributed by atoms with van der Waals surface area (Å²) in [6.45, 7) is 14.0. The second-order valence-corrected chi connectivity index (χ2v) is 24.5. The molecule has 3 aromatic rings. The van der Waals surface area contributed by atoms with Crippen LogP contribution in [0, 0.1) is 11.8 Å². The van der Waals surface area contributed by atoms with Gasteiger partial charge >= 0.3 is 24.2 Å². The summed E-state index contributed by atoms with van der Waals surface area (Å²) in [6, 6.07) is 18.2. The first-order valence-corrected chi connectivity index (χ1v) is 31.0. The van der Waals surface area contributed by atoms with Crippen LogP contribution in [0.5, 0.6) is 0 Å². The van der Waals surface area contributed by atoms with E-state index in [2.05, 4.69) is 21.3 Å². The molecule has 3 heterocycles. The van der Waals surface area contributed by atoms with Crippen LogP contribution in [0.2, 0.25) is 0 Å². The number of benzene rings is 3. The van der Waals surface area contributed by atoms with Crippen molar-refractivity contribution in [1.29, 1.82) is 0 Å². The number of methoxy groups -OCH3 is 1. The molecule has 0 spiro atoms. The molecule has 7 amide bonds. The second-order valence-electron chi connectivity index (χ2n) is 24.5. The van der Waals surface area contributed by atoms with Crippen molar-refractivity contribution in [3.05, 3.63) is 125 Å². The summed E-state index contributed by atoms with van der Waals surface area (Å²) < 4.78 is 35.0. The number of allylic oxidation sites excluding steroid dienone is 2. The summed E-state index contributed by atoms with van der Waals surface area (Å²) in [6.07, 6.45) is 3.17. The van der Waals surface area contributed by atoms with E-state index in [0.29, 0.717) is 24.0 Å². The summed E-state index contributed by atoms with van der Waals surface area (Å²) in [4.78, 5) is 108. The normalized spacial score (nSPS) is 24.6.